The number of carbonyl (C=O) groups is 4. The second kappa shape index (κ2) is 13.0. The summed E-state index contributed by atoms with van der Waals surface area (Å²) in [6.07, 6.45) is 1.72. The van der Waals surface area contributed by atoms with Crippen LogP contribution in [0.25, 0.3) is 0 Å². The molecule has 0 saturated heterocycles. The lowest BCUT2D eigenvalue weighted by molar-refractivity contribution is -0.135. The van der Waals surface area contributed by atoms with Gasteiger partial charge in [-0.15, -0.1) is 0 Å². The van der Waals surface area contributed by atoms with Crippen molar-refractivity contribution in [2.75, 3.05) is 35.7 Å². The number of rotatable bonds is 9. The van der Waals surface area contributed by atoms with Gasteiger partial charge in [-0.1, -0.05) is 23.2 Å². The van der Waals surface area contributed by atoms with Crippen molar-refractivity contribution in [3.05, 3.63) is 75.7 Å². The number of amides is 4. The molecule has 0 aliphatic rings. The van der Waals surface area contributed by atoms with E-state index in [4.69, 9.17) is 39.4 Å². The van der Waals surface area contributed by atoms with Gasteiger partial charge in [0.05, 0.1) is 28.6 Å². The standard InChI is InChI=1S/C25H23Cl2FN6O5/c1-34(25(38)22(30)35)15-10-17(28)21(19(11-15)39-8-2-7-29)24(37)32-18-5-3-13(26)9-16(18)23(36)33-20-6-4-14(27)12-31-20/h3-6,9-12H,2,7-8,29H2,1H3,(H2,30,35)(H,32,37)(H,31,33,36). The van der Waals surface area contributed by atoms with Crippen molar-refractivity contribution >= 4 is 64.0 Å². The van der Waals surface area contributed by atoms with Gasteiger partial charge in [-0.2, -0.15) is 0 Å². The molecule has 3 aromatic rings. The van der Waals surface area contributed by atoms with E-state index in [-0.39, 0.29) is 46.7 Å². The third kappa shape index (κ3) is 7.41. The highest BCUT2D eigenvalue weighted by atomic mass is 35.5. The molecule has 39 heavy (non-hydrogen) atoms. The average molecular weight is 577 g/mol. The van der Waals surface area contributed by atoms with Gasteiger partial charge in [0.15, 0.2) is 0 Å². The molecule has 11 nitrogen and oxygen atoms in total. The predicted octanol–water partition coefficient (Wildman–Crippen LogP) is 3.21. The van der Waals surface area contributed by atoms with E-state index in [1.807, 2.05) is 0 Å². The lowest BCUT2D eigenvalue weighted by Gasteiger charge is -2.19. The smallest absolute Gasteiger partial charge is 0.315 e. The van der Waals surface area contributed by atoms with Crippen LogP contribution in [0.4, 0.5) is 21.6 Å². The van der Waals surface area contributed by atoms with E-state index in [0.29, 0.717) is 11.4 Å². The van der Waals surface area contributed by atoms with E-state index in [0.717, 1.165) is 11.0 Å². The van der Waals surface area contributed by atoms with Gasteiger partial charge in [0.25, 0.3) is 11.8 Å². The highest BCUT2D eigenvalue weighted by Crippen LogP contribution is 2.31. The van der Waals surface area contributed by atoms with Gasteiger partial charge < -0.3 is 31.7 Å². The Morgan fingerprint density at radius 2 is 1.74 bits per heavy atom. The van der Waals surface area contributed by atoms with Crippen LogP contribution in [0.1, 0.15) is 27.1 Å². The summed E-state index contributed by atoms with van der Waals surface area (Å²) in [4.78, 5) is 54.3. The molecule has 204 valence electrons. The van der Waals surface area contributed by atoms with Crippen LogP contribution in [-0.2, 0) is 9.59 Å². The molecule has 0 fully saturated rings. The summed E-state index contributed by atoms with van der Waals surface area (Å²) in [5.74, 6) is -5.10. The highest BCUT2D eigenvalue weighted by Gasteiger charge is 2.25. The molecule has 14 heteroatoms. The molecule has 1 aromatic heterocycles. The number of primary amides is 1. The van der Waals surface area contributed by atoms with Crippen LogP contribution in [0.15, 0.2) is 48.7 Å². The van der Waals surface area contributed by atoms with Crippen LogP contribution in [0.5, 0.6) is 5.75 Å². The van der Waals surface area contributed by atoms with Crippen LogP contribution in [-0.4, -0.2) is 48.8 Å². The molecule has 0 bridgehead atoms. The Balaban J connectivity index is 1.96. The summed E-state index contributed by atoms with van der Waals surface area (Å²) in [6, 6.07) is 9.18. The minimum atomic E-state index is -1.26. The summed E-state index contributed by atoms with van der Waals surface area (Å²) in [5, 5.41) is 5.62. The quantitative estimate of drug-likeness (QED) is 0.224. The van der Waals surface area contributed by atoms with Gasteiger partial charge in [0, 0.05) is 24.3 Å². The molecular formula is C25H23Cl2FN6O5. The molecule has 1 heterocycles. The number of benzene rings is 2. The van der Waals surface area contributed by atoms with Crippen molar-refractivity contribution in [2.24, 2.45) is 11.5 Å². The van der Waals surface area contributed by atoms with Crippen LogP contribution < -0.4 is 31.7 Å². The number of nitrogens with zero attached hydrogens (tertiary/aromatic N) is 2. The normalized spacial score (nSPS) is 10.5. The van der Waals surface area contributed by atoms with Gasteiger partial charge in [-0.25, -0.2) is 9.37 Å². The fraction of sp³-hybridized carbons (Fsp3) is 0.160. The monoisotopic (exact) mass is 576 g/mol. The first kappa shape index (κ1) is 29.3. The average Bonchev–Trinajstić information content (AvgIpc) is 2.89. The zero-order chi connectivity index (χ0) is 28.7. The van der Waals surface area contributed by atoms with Crippen molar-refractivity contribution in [2.45, 2.75) is 6.42 Å². The highest BCUT2D eigenvalue weighted by molar-refractivity contribution is 6.39. The number of likely N-dealkylation sites (N-methyl/N-ethyl adjacent to an activating group) is 1. The Morgan fingerprint density at radius 3 is 2.38 bits per heavy atom. The van der Waals surface area contributed by atoms with Crippen LogP contribution in [0.3, 0.4) is 0 Å². The number of nitrogens with one attached hydrogen (secondary N) is 2. The Labute approximate surface area is 232 Å². The maximum Gasteiger partial charge on any atom is 0.315 e. The van der Waals surface area contributed by atoms with Gasteiger partial charge in [-0.05, 0) is 49.4 Å². The van der Waals surface area contributed by atoms with Gasteiger partial charge >= 0.3 is 11.8 Å². The van der Waals surface area contributed by atoms with Crippen molar-refractivity contribution in [1.82, 2.24) is 4.98 Å². The first-order valence-electron chi connectivity index (χ1n) is 11.3. The number of aromatic nitrogens is 1. The Morgan fingerprint density at radius 1 is 1.03 bits per heavy atom. The zero-order valence-electron chi connectivity index (χ0n) is 20.5. The van der Waals surface area contributed by atoms with E-state index in [1.54, 1.807) is 0 Å². The van der Waals surface area contributed by atoms with Crippen LogP contribution in [0, 0.1) is 5.82 Å². The van der Waals surface area contributed by atoms with E-state index in [2.05, 4.69) is 15.6 Å². The summed E-state index contributed by atoms with van der Waals surface area (Å²) in [5.41, 5.74) is 9.89. The molecule has 0 spiro atoms. The fourth-order valence-corrected chi connectivity index (χ4v) is 3.56. The van der Waals surface area contributed by atoms with Gasteiger partial charge in [0.1, 0.15) is 22.9 Å². The first-order valence-corrected chi connectivity index (χ1v) is 12.0. The second-order valence-corrected chi connectivity index (χ2v) is 8.85. The van der Waals surface area contributed by atoms with Crippen molar-refractivity contribution in [3.63, 3.8) is 0 Å². The molecule has 2 aromatic carbocycles. The first-order chi connectivity index (χ1) is 18.5. The summed E-state index contributed by atoms with van der Waals surface area (Å²) < 4.78 is 20.9. The number of hydrogen-bond donors (Lipinski definition) is 4. The van der Waals surface area contributed by atoms with Gasteiger partial charge in [0.2, 0.25) is 0 Å². The molecule has 4 amide bonds. The number of anilines is 3. The maximum absolute atomic E-state index is 15.3. The Hall–Kier alpha value is -4.26. The predicted molar refractivity (Wildman–Crippen MR) is 145 cm³/mol. The Bertz CT molecular complexity index is 1420. The Kier molecular flexibility index (Phi) is 9.77. The van der Waals surface area contributed by atoms with E-state index in [9.17, 15) is 19.2 Å². The fourth-order valence-electron chi connectivity index (χ4n) is 3.28. The van der Waals surface area contributed by atoms with E-state index in [1.165, 1.54) is 49.6 Å². The molecule has 0 radical (unpaired) electrons. The third-order valence-corrected chi connectivity index (χ3v) is 5.68. The summed E-state index contributed by atoms with van der Waals surface area (Å²) in [6.45, 7) is 0.283. The van der Waals surface area contributed by atoms with Crippen molar-refractivity contribution < 1.29 is 28.3 Å². The molecule has 0 aliphatic heterocycles. The maximum atomic E-state index is 15.3. The van der Waals surface area contributed by atoms with Crippen LogP contribution in [0.2, 0.25) is 10.0 Å². The zero-order valence-corrected chi connectivity index (χ0v) is 22.0. The third-order valence-electron chi connectivity index (χ3n) is 5.22. The number of halogens is 3. The SMILES string of the molecule is CN(C(=O)C(N)=O)c1cc(F)c(C(=O)Nc2ccc(Cl)cc2C(=O)Nc2ccc(Cl)cn2)c(OCCCN)c1. The lowest BCUT2D eigenvalue weighted by atomic mass is 10.1. The molecule has 0 unspecified atom stereocenters. The van der Waals surface area contributed by atoms with E-state index < -0.39 is 35.0 Å². The van der Waals surface area contributed by atoms with Crippen LogP contribution >= 0.6 is 23.2 Å². The van der Waals surface area contributed by atoms with E-state index >= 15 is 4.39 Å². The van der Waals surface area contributed by atoms with Gasteiger partial charge in [-0.3, -0.25) is 19.2 Å². The number of nitrogens with two attached hydrogens (primary N) is 2. The number of pyridine rings is 1. The van der Waals surface area contributed by atoms with Crippen molar-refractivity contribution in [3.8, 4) is 5.75 Å². The number of ether oxygens (including phenoxy) is 1. The molecule has 0 aliphatic carbocycles. The largest absolute Gasteiger partial charge is 0.493 e. The second-order valence-electron chi connectivity index (χ2n) is 7.98. The molecule has 6 N–H and O–H groups in total. The van der Waals surface area contributed by atoms with Crippen molar-refractivity contribution in [1.29, 1.82) is 0 Å². The summed E-state index contributed by atoms with van der Waals surface area (Å²) in [7, 11) is 1.21. The summed E-state index contributed by atoms with van der Waals surface area (Å²) >= 11 is 11.9. The molecule has 3 rings (SSSR count). The lowest BCUT2D eigenvalue weighted by Crippen LogP contribution is -2.37. The molecular weight excluding hydrogens is 554 g/mol. The minimum absolute atomic E-state index is 0.00766. The molecule has 0 saturated carbocycles. The minimum Gasteiger partial charge on any atom is -0.493 e. The molecule has 0 atom stereocenters. The topological polar surface area (TPSA) is 170 Å². The number of carbonyl (C=O) groups excluding carboxylic acids is 4. The number of hydrogen-bond acceptors (Lipinski definition) is 7.